The van der Waals surface area contributed by atoms with Crippen molar-refractivity contribution >= 4 is 33.2 Å². The second-order valence-electron chi connectivity index (χ2n) is 8.30. The maximum Gasteiger partial charge on any atom is 0.352 e. The third-order valence-corrected chi connectivity index (χ3v) is 6.92. The summed E-state index contributed by atoms with van der Waals surface area (Å²) < 4.78 is 20.9. The van der Waals surface area contributed by atoms with Gasteiger partial charge in [0.2, 0.25) is 5.91 Å². The molecular weight excluding hydrogens is 491 g/mol. The molecule has 4 aromatic rings. The van der Waals surface area contributed by atoms with Crippen LogP contribution in [0.2, 0.25) is 0 Å². The van der Waals surface area contributed by atoms with E-state index in [2.05, 4.69) is 10.2 Å². The van der Waals surface area contributed by atoms with Gasteiger partial charge in [-0.05, 0) is 25.1 Å². The van der Waals surface area contributed by atoms with Crippen molar-refractivity contribution in [3.05, 3.63) is 68.4 Å². The number of halogens is 1. The Kier molecular flexibility index (Phi) is 6.59. The summed E-state index contributed by atoms with van der Waals surface area (Å²) >= 11 is 1.05. The number of hydrogen-bond acceptors (Lipinski definition) is 8. The van der Waals surface area contributed by atoms with Crippen molar-refractivity contribution < 1.29 is 18.7 Å². The van der Waals surface area contributed by atoms with Gasteiger partial charge < -0.3 is 4.74 Å². The van der Waals surface area contributed by atoms with Crippen molar-refractivity contribution in [2.45, 2.75) is 27.3 Å². The summed E-state index contributed by atoms with van der Waals surface area (Å²) in [4.78, 5) is 54.6. The van der Waals surface area contributed by atoms with Crippen LogP contribution in [-0.2, 0) is 11.3 Å². The quantitative estimate of drug-likeness (QED) is 0.345. The highest BCUT2D eigenvalue weighted by Crippen LogP contribution is 2.30. The van der Waals surface area contributed by atoms with Gasteiger partial charge >= 0.3 is 5.69 Å². The average Bonchev–Trinajstić information content (AvgIpc) is 3.49. The number of ketones is 1. The molecule has 0 aliphatic rings. The fourth-order valence-electron chi connectivity index (χ4n) is 3.84. The Bertz CT molecular complexity index is 1600. The number of methoxy groups -OCH3 is 1. The third-order valence-electron chi connectivity index (χ3n) is 5.64. The number of fused-ring (bicyclic) bond motifs is 1. The lowest BCUT2D eigenvalue weighted by Crippen LogP contribution is -2.54. The highest BCUT2D eigenvalue weighted by atomic mass is 32.1. The number of aromatic nitrogens is 5. The van der Waals surface area contributed by atoms with Gasteiger partial charge in [0.05, 0.1) is 37.0 Å². The van der Waals surface area contributed by atoms with Gasteiger partial charge in [-0.2, -0.15) is 14.9 Å². The maximum atomic E-state index is 13.9. The van der Waals surface area contributed by atoms with E-state index in [9.17, 15) is 23.6 Å². The topological polar surface area (TPSA) is 121 Å². The number of amides is 1. The first-order chi connectivity index (χ1) is 17.1. The first kappa shape index (κ1) is 25.0. The SMILES string of the molecule is COc1ccc(F)cc1C(=O)Cn1c(=O)n(N(C)C(=O)C(C)C)c(=O)c2c(C)c(-n3nccn3)sc21. The number of Topliss-reactive ketones (excluding diaryl/α,β-unsaturated/α-hetero) is 1. The van der Waals surface area contributed by atoms with Gasteiger partial charge in [-0.3, -0.25) is 19.0 Å². The molecule has 11 nitrogen and oxygen atoms in total. The van der Waals surface area contributed by atoms with Gasteiger partial charge in [0, 0.05) is 18.5 Å². The molecule has 188 valence electrons. The van der Waals surface area contributed by atoms with Gasteiger partial charge in [-0.25, -0.2) is 14.2 Å². The van der Waals surface area contributed by atoms with Crippen molar-refractivity contribution in [1.82, 2.24) is 24.2 Å². The molecule has 0 saturated heterocycles. The number of carbonyl (C=O) groups is 2. The van der Waals surface area contributed by atoms with E-state index in [1.165, 1.54) is 37.4 Å². The van der Waals surface area contributed by atoms with Crippen LogP contribution in [0.3, 0.4) is 0 Å². The van der Waals surface area contributed by atoms with E-state index in [0.717, 1.165) is 33.0 Å². The van der Waals surface area contributed by atoms with Crippen LogP contribution in [0.4, 0.5) is 4.39 Å². The van der Waals surface area contributed by atoms with Gasteiger partial charge in [0.15, 0.2) is 5.78 Å². The van der Waals surface area contributed by atoms with Gasteiger partial charge in [0.1, 0.15) is 21.4 Å². The summed E-state index contributed by atoms with van der Waals surface area (Å²) in [6.07, 6.45) is 2.92. The number of hydrogen-bond donors (Lipinski definition) is 0. The molecule has 0 radical (unpaired) electrons. The molecule has 3 aromatic heterocycles. The zero-order valence-electron chi connectivity index (χ0n) is 20.2. The van der Waals surface area contributed by atoms with E-state index in [4.69, 9.17) is 4.74 Å². The number of benzene rings is 1. The zero-order valence-corrected chi connectivity index (χ0v) is 21.0. The summed E-state index contributed by atoms with van der Waals surface area (Å²) in [5.41, 5.74) is -1.20. The molecule has 0 saturated carbocycles. The van der Waals surface area contributed by atoms with Crippen molar-refractivity contribution in [1.29, 1.82) is 0 Å². The zero-order chi connectivity index (χ0) is 26.3. The largest absolute Gasteiger partial charge is 0.496 e. The van der Waals surface area contributed by atoms with Crippen LogP contribution in [0, 0.1) is 18.7 Å². The number of rotatable bonds is 7. The van der Waals surface area contributed by atoms with Crippen LogP contribution in [-0.4, -0.2) is 50.1 Å². The summed E-state index contributed by atoms with van der Waals surface area (Å²) in [6, 6.07) is 3.49. The van der Waals surface area contributed by atoms with Crippen LogP contribution >= 0.6 is 11.3 Å². The minimum Gasteiger partial charge on any atom is -0.496 e. The number of ether oxygens (including phenoxy) is 1. The highest BCUT2D eigenvalue weighted by Gasteiger charge is 2.27. The molecule has 0 spiro atoms. The molecule has 4 rings (SSSR count). The fraction of sp³-hybridized carbons (Fsp3) is 0.304. The summed E-state index contributed by atoms with van der Waals surface area (Å²) in [5.74, 6) is -2.11. The maximum absolute atomic E-state index is 13.9. The molecule has 1 aromatic carbocycles. The summed E-state index contributed by atoms with van der Waals surface area (Å²) in [6.45, 7) is 4.40. The molecule has 0 fully saturated rings. The molecule has 0 unspecified atom stereocenters. The van der Waals surface area contributed by atoms with Gasteiger partial charge in [0.25, 0.3) is 5.56 Å². The lowest BCUT2D eigenvalue weighted by Gasteiger charge is -2.22. The average molecular weight is 515 g/mol. The highest BCUT2D eigenvalue weighted by molar-refractivity contribution is 7.21. The standard InChI is InChI=1S/C23H23FN6O5S/c1-12(2)19(32)27(4)29-20(33)18-13(3)21(30-25-8-9-26-30)36-22(18)28(23(29)34)11-16(31)15-10-14(24)6-7-17(15)35-5/h6-10,12H,11H2,1-5H3. The van der Waals surface area contributed by atoms with Crippen molar-refractivity contribution in [2.75, 3.05) is 19.2 Å². The lowest BCUT2D eigenvalue weighted by atomic mass is 10.1. The van der Waals surface area contributed by atoms with E-state index in [1.54, 1.807) is 20.8 Å². The van der Waals surface area contributed by atoms with Gasteiger partial charge in [-0.1, -0.05) is 25.2 Å². The van der Waals surface area contributed by atoms with Crippen molar-refractivity contribution in [2.24, 2.45) is 5.92 Å². The Balaban J connectivity index is 2.00. The van der Waals surface area contributed by atoms with Crippen molar-refractivity contribution in [3.8, 4) is 10.8 Å². The van der Waals surface area contributed by atoms with Crippen molar-refractivity contribution in [3.63, 3.8) is 0 Å². The third kappa shape index (κ3) is 4.11. The molecule has 1 amide bonds. The Morgan fingerprint density at radius 1 is 1.19 bits per heavy atom. The molecule has 0 bridgehead atoms. The second-order valence-corrected chi connectivity index (χ2v) is 9.28. The lowest BCUT2D eigenvalue weighted by molar-refractivity contribution is -0.122. The van der Waals surface area contributed by atoms with Crippen LogP contribution < -0.4 is 21.0 Å². The molecule has 0 atom stereocenters. The number of nitrogens with zero attached hydrogens (tertiary/aromatic N) is 6. The first-order valence-electron chi connectivity index (χ1n) is 10.9. The number of thiophene rings is 1. The summed E-state index contributed by atoms with van der Waals surface area (Å²) in [7, 11) is 2.66. The molecule has 0 aliphatic heterocycles. The van der Waals surface area contributed by atoms with E-state index in [0.29, 0.717) is 15.2 Å². The van der Waals surface area contributed by atoms with E-state index < -0.39 is 41.2 Å². The molecule has 36 heavy (non-hydrogen) atoms. The van der Waals surface area contributed by atoms with E-state index in [-0.39, 0.29) is 21.5 Å². The molecule has 13 heteroatoms. The second kappa shape index (κ2) is 9.49. The van der Waals surface area contributed by atoms with Crippen LogP contribution in [0.5, 0.6) is 5.75 Å². The Hall–Kier alpha value is -4.13. The number of carbonyl (C=O) groups excluding carboxylic acids is 2. The molecular formula is C23H23FN6O5S. The fourth-order valence-corrected chi connectivity index (χ4v) is 5.05. The Morgan fingerprint density at radius 2 is 1.86 bits per heavy atom. The van der Waals surface area contributed by atoms with Crippen LogP contribution in [0.1, 0.15) is 29.8 Å². The molecule has 0 aliphatic carbocycles. The minimum atomic E-state index is -0.894. The Labute approximate surface area is 207 Å². The van der Waals surface area contributed by atoms with Crippen LogP contribution in [0.15, 0.2) is 40.2 Å². The minimum absolute atomic E-state index is 0.0656. The monoisotopic (exact) mass is 514 g/mol. The van der Waals surface area contributed by atoms with Crippen LogP contribution in [0.25, 0.3) is 15.2 Å². The van der Waals surface area contributed by atoms with E-state index in [1.807, 2.05) is 0 Å². The predicted molar refractivity (Wildman–Crippen MR) is 131 cm³/mol. The first-order valence-corrected chi connectivity index (χ1v) is 11.7. The number of aryl methyl sites for hydroxylation is 1. The molecule has 0 N–H and O–H groups in total. The normalized spacial score (nSPS) is 11.3. The predicted octanol–water partition coefficient (Wildman–Crippen LogP) is 1.89. The Morgan fingerprint density at radius 3 is 2.47 bits per heavy atom. The van der Waals surface area contributed by atoms with E-state index >= 15 is 0 Å². The smallest absolute Gasteiger partial charge is 0.352 e. The van der Waals surface area contributed by atoms with Gasteiger partial charge in [-0.15, -0.1) is 4.80 Å². The molecule has 3 heterocycles. The summed E-state index contributed by atoms with van der Waals surface area (Å²) in [5, 5.41) is 9.75.